The highest BCUT2D eigenvalue weighted by Gasteiger charge is 2.26. The summed E-state index contributed by atoms with van der Waals surface area (Å²) in [6.07, 6.45) is 2.85. The van der Waals surface area contributed by atoms with Crippen molar-refractivity contribution in [3.63, 3.8) is 0 Å². The van der Waals surface area contributed by atoms with Gasteiger partial charge in [-0.1, -0.05) is 6.07 Å². The second kappa shape index (κ2) is 9.32. The first-order valence-corrected chi connectivity index (χ1v) is 10.8. The van der Waals surface area contributed by atoms with E-state index in [4.69, 9.17) is 0 Å². The van der Waals surface area contributed by atoms with Crippen LogP contribution in [0, 0.1) is 5.82 Å². The maximum absolute atomic E-state index is 13.9. The maximum atomic E-state index is 13.9. The summed E-state index contributed by atoms with van der Waals surface area (Å²) in [5, 5.41) is 0. The molecule has 0 atom stereocenters. The summed E-state index contributed by atoms with van der Waals surface area (Å²) >= 11 is 0. The molecule has 4 rings (SSSR count). The van der Waals surface area contributed by atoms with Gasteiger partial charge in [0, 0.05) is 65.4 Å². The first kappa shape index (κ1) is 21.1. The fraction of sp³-hybridized carbons (Fsp3) is 0.435. The van der Waals surface area contributed by atoms with Crippen molar-refractivity contribution in [3.8, 4) is 0 Å². The molecule has 31 heavy (non-hydrogen) atoms. The number of carbonyl (C=O) groups excluding carboxylic acids is 2. The van der Waals surface area contributed by atoms with Gasteiger partial charge in [0.1, 0.15) is 11.6 Å². The van der Waals surface area contributed by atoms with Crippen LogP contribution >= 0.6 is 0 Å². The number of piperazine rings is 1. The average molecular weight is 426 g/mol. The molecular weight excluding hydrogens is 397 g/mol. The molecule has 1 aromatic carbocycles. The van der Waals surface area contributed by atoms with Crippen LogP contribution in [-0.2, 0) is 9.59 Å². The summed E-state index contributed by atoms with van der Waals surface area (Å²) in [5.74, 6) is 0.401. The minimum Gasteiger partial charge on any atom is -0.373 e. The number of fused-ring (bicyclic) bond motifs is 1. The number of hydrogen-bond acceptors (Lipinski definition) is 5. The number of pyridine rings is 1. The van der Waals surface area contributed by atoms with Gasteiger partial charge in [0.05, 0.1) is 11.4 Å². The molecule has 2 aliphatic rings. The Morgan fingerprint density at radius 2 is 1.71 bits per heavy atom. The molecule has 164 valence electrons. The van der Waals surface area contributed by atoms with E-state index in [2.05, 4.69) is 9.88 Å². The lowest BCUT2D eigenvalue weighted by Crippen LogP contribution is -2.49. The topological polar surface area (TPSA) is 60.0 Å². The van der Waals surface area contributed by atoms with E-state index in [1.54, 1.807) is 17.2 Å². The van der Waals surface area contributed by atoms with Crippen LogP contribution < -0.4 is 14.7 Å². The summed E-state index contributed by atoms with van der Waals surface area (Å²) in [5.41, 5.74) is 1.42. The van der Waals surface area contributed by atoms with Gasteiger partial charge >= 0.3 is 0 Å². The Morgan fingerprint density at radius 3 is 2.45 bits per heavy atom. The van der Waals surface area contributed by atoms with Crippen LogP contribution in [-0.4, -0.2) is 68.0 Å². The number of hydrogen-bond donors (Lipinski definition) is 0. The lowest BCUT2D eigenvalue weighted by Gasteiger charge is -2.35. The summed E-state index contributed by atoms with van der Waals surface area (Å²) in [7, 11) is 1.94. The molecule has 2 aliphatic heterocycles. The molecular formula is C23H28FN5O2. The monoisotopic (exact) mass is 425 g/mol. The third-order valence-corrected chi connectivity index (χ3v) is 5.97. The van der Waals surface area contributed by atoms with Gasteiger partial charge in [-0.2, -0.15) is 0 Å². The van der Waals surface area contributed by atoms with Crippen LogP contribution in [0.25, 0.3) is 0 Å². The predicted molar refractivity (Wildman–Crippen MR) is 119 cm³/mol. The quantitative estimate of drug-likeness (QED) is 0.754. The Labute approximate surface area is 182 Å². The molecule has 8 heteroatoms. The number of halogens is 1. The molecule has 0 radical (unpaired) electrons. The molecule has 0 unspecified atom stereocenters. The first-order valence-electron chi connectivity index (χ1n) is 10.8. The first-order chi connectivity index (χ1) is 15.0. The lowest BCUT2D eigenvalue weighted by atomic mass is 10.2. The van der Waals surface area contributed by atoms with E-state index in [1.807, 2.05) is 35.0 Å². The minimum absolute atomic E-state index is 0.0135. The van der Waals surface area contributed by atoms with Crippen molar-refractivity contribution in [3.05, 3.63) is 48.4 Å². The fourth-order valence-electron chi connectivity index (χ4n) is 4.23. The summed E-state index contributed by atoms with van der Waals surface area (Å²) in [4.78, 5) is 37.7. The number of benzene rings is 1. The molecule has 1 fully saturated rings. The molecule has 1 aromatic heterocycles. The van der Waals surface area contributed by atoms with Crippen molar-refractivity contribution >= 4 is 29.0 Å². The van der Waals surface area contributed by atoms with E-state index in [1.165, 1.54) is 12.1 Å². The molecule has 3 heterocycles. The van der Waals surface area contributed by atoms with E-state index < -0.39 is 0 Å². The third-order valence-electron chi connectivity index (χ3n) is 5.97. The number of carbonyl (C=O) groups is 2. The number of rotatable bonds is 4. The van der Waals surface area contributed by atoms with Gasteiger partial charge in [0.2, 0.25) is 11.8 Å². The van der Waals surface area contributed by atoms with Gasteiger partial charge in [-0.15, -0.1) is 0 Å². The minimum atomic E-state index is -0.367. The molecule has 1 saturated heterocycles. The molecule has 0 saturated carbocycles. The number of anilines is 3. The predicted octanol–water partition coefficient (Wildman–Crippen LogP) is 2.52. The van der Waals surface area contributed by atoms with Crippen LogP contribution in [0.5, 0.6) is 0 Å². The van der Waals surface area contributed by atoms with Crippen LogP contribution in [0.15, 0.2) is 42.6 Å². The van der Waals surface area contributed by atoms with Gasteiger partial charge in [-0.05, 0) is 36.8 Å². The van der Waals surface area contributed by atoms with E-state index in [9.17, 15) is 14.0 Å². The molecule has 2 amide bonds. The van der Waals surface area contributed by atoms with Crippen LogP contribution in [0.1, 0.15) is 19.3 Å². The zero-order valence-corrected chi connectivity index (χ0v) is 17.8. The van der Waals surface area contributed by atoms with Crippen molar-refractivity contribution in [1.29, 1.82) is 0 Å². The highest BCUT2D eigenvalue weighted by molar-refractivity contribution is 5.98. The SMILES string of the molecule is CN1CCCN(C(=O)CCC(=O)N2CCN(c3ccccn3)CC2)c2cc(F)ccc21. The van der Waals surface area contributed by atoms with E-state index in [-0.39, 0.29) is 30.5 Å². The van der Waals surface area contributed by atoms with E-state index in [0.717, 1.165) is 37.6 Å². The van der Waals surface area contributed by atoms with Crippen LogP contribution in [0.4, 0.5) is 21.6 Å². The lowest BCUT2D eigenvalue weighted by molar-refractivity contribution is -0.133. The van der Waals surface area contributed by atoms with Gasteiger partial charge in [0.25, 0.3) is 0 Å². The normalized spacial score (nSPS) is 16.7. The summed E-state index contributed by atoms with van der Waals surface area (Å²) < 4.78 is 13.9. The van der Waals surface area contributed by atoms with E-state index >= 15 is 0 Å². The Bertz CT molecular complexity index is 931. The zero-order valence-electron chi connectivity index (χ0n) is 17.8. The Hall–Kier alpha value is -3.16. The van der Waals surface area contributed by atoms with Crippen molar-refractivity contribution in [1.82, 2.24) is 9.88 Å². The van der Waals surface area contributed by atoms with Gasteiger partial charge in [-0.25, -0.2) is 9.37 Å². The zero-order chi connectivity index (χ0) is 21.8. The second-order valence-electron chi connectivity index (χ2n) is 8.01. The highest BCUT2D eigenvalue weighted by Crippen LogP contribution is 2.32. The summed E-state index contributed by atoms with van der Waals surface area (Å²) in [6.45, 7) is 4.00. The molecule has 7 nitrogen and oxygen atoms in total. The van der Waals surface area contributed by atoms with Gasteiger partial charge in [-0.3, -0.25) is 9.59 Å². The third kappa shape index (κ3) is 4.78. The van der Waals surface area contributed by atoms with Gasteiger partial charge in [0.15, 0.2) is 0 Å². The molecule has 0 N–H and O–H groups in total. The molecule has 0 bridgehead atoms. The van der Waals surface area contributed by atoms with Crippen LogP contribution in [0.2, 0.25) is 0 Å². The number of aromatic nitrogens is 1. The Balaban J connectivity index is 1.33. The van der Waals surface area contributed by atoms with Crippen molar-refractivity contribution in [2.75, 3.05) is 61.0 Å². The number of amides is 2. The smallest absolute Gasteiger partial charge is 0.227 e. The second-order valence-corrected chi connectivity index (χ2v) is 8.01. The van der Waals surface area contributed by atoms with Crippen molar-refractivity contribution in [2.45, 2.75) is 19.3 Å². The Morgan fingerprint density at radius 1 is 0.935 bits per heavy atom. The maximum Gasteiger partial charge on any atom is 0.227 e. The number of nitrogens with zero attached hydrogens (tertiary/aromatic N) is 5. The Kier molecular flexibility index (Phi) is 6.34. The molecule has 2 aromatic rings. The highest BCUT2D eigenvalue weighted by atomic mass is 19.1. The fourth-order valence-corrected chi connectivity index (χ4v) is 4.23. The van der Waals surface area contributed by atoms with Crippen molar-refractivity contribution in [2.24, 2.45) is 0 Å². The van der Waals surface area contributed by atoms with Crippen LogP contribution in [0.3, 0.4) is 0 Å². The molecule has 0 spiro atoms. The average Bonchev–Trinajstić information content (AvgIpc) is 2.96. The van der Waals surface area contributed by atoms with Crippen molar-refractivity contribution < 1.29 is 14.0 Å². The standard InChI is InChI=1S/C23H28FN5O2/c1-26-11-4-12-29(20-17-18(24)6-7-19(20)26)23(31)9-8-22(30)28-15-13-27(14-16-28)21-5-2-3-10-25-21/h2-3,5-7,10,17H,4,8-9,11-16H2,1H3. The van der Waals surface area contributed by atoms with Gasteiger partial charge < -0.3 is 19.6 Å². The largest absolute Gasteiger partial charge is 0.373 e. The molecule has 0 aliphatic carbocycles. The van der Waals surface area contributed by atoms with E-state index in [0.29, 0.717) is 25.3 Å². The summed E-state index contributed by atoms with van der Waals surface area (Å²) in [6, 6.07) is 10.3.